The molecule has 1 unspecified atom stereocenters. The summed E-state index contributed by atoms with van der Waals surface area (Å²) in [5, 5.41) is 3.29. The van der Waals surface area contributed by atoms with Crippen LogP contribution in [0.15, 0.2) is 54.6 Å². The lowest BCUT2D eigenvalue weighted by atomic mass is 10.0. The van der Waals surface area contributed by atoms with E-state index in [-0.39, 0.29) is 12.1 Å². The fourth-order valence-corrected chi connectivity index (χ4v) is 3.83. The van der Waals surface area contributed by atoms with Crippen molar-refractivity contribution in [1.82, 2.24) is 10.2 Å². The summed E-state index contributed by atoms with van der Waals surface area (Å²) in [7, 11) is 1.70. The highest BCUT2D eigenvalue weighted by atomic mass is 16.5. The van der Waals surface area contributed by atoms with Crippen LogP contribution in [0.4, 0.5) is 10.5 Å². The van der Waals surface area contributed by atoms with Gasteiger partial charge >= 0.3 is 6.03 Å². The van der Waals surface area contributed by atoms with E-state index in [0.717, 1.165) is 37.6 Å². The number of anilines is 1. The third kappa shape index (κ3) is 4.02. The third-order valence-electron chi connectivity index (χ3n) is 5.52. The number of methoxy groups -OCH3 is 1. The zero-order valence-corrected chi connectivity index (χ0v) is 15.8. The number of amides is 2. The molecule has 27 heavy (non-hydrogen) atoms. The van der Waals surface area contributed by atoms with E-state index in [0.29, 0.717) is 5.92 Å². The first-order valence-electron chi connectivity index (χ1n) is 9.74. The molecule has 142 valence electrons. The van der Waals surface area contributed by atoms with E-state index < -0.39 is 0 Å². The molecule has 1 heterocycles. The lowest BCUT2D eigenvalue weighted by Gasteiger charge is -2.37. The summed E-state index contributed by atoms with van der Waals surface area (Å²) in [6.07, 6.45) is 2.39. The van der Waals surface area contributed by atoms with Crippen LogP contribution in [0.2, 0.25) is 0 Å². The Balaban J connectivity index is 1.37. The van der Waals surface area contributed by atoms with Crippen LogP contribution in [0.3, 0.4) is 0 Å². The lowest BCUT2D eigenvalue weighted by molar-refractivity contribution is 0.188. The summed E-state index contributed by atoms with van der Waals surface area (Å²) in [6.45, 7) is 3.06. The molecule has 0 radical (unpaired) electrons. The molecule has 0 aromatic heterocycles. The third-order valence-corrected chi connectivity index (χ3v) is 5.52. The maximum Gasteiger partial charge on any atom is 0.318 e. The first-order valence-corrected chi connectivity index (χ1v) is 9.74. The number of carbonyl (C=O) groups is 1. The number of hydrogen-bond acceptors (Lipinski definition) is 3. The Kier molecular flexibility index (Phi) is 5.19. The Morgan fingerprint density at radius 1 is 1.00 bits per heavy atom. The molecule has 1 N–H and O–H groups in total. The SMILES string of the molecule is COc1ccccc1N1CCN(C(=O)NC(c2ccccc2)C2CC2)CC1. The highest BCUT2D eigenvalue weighted by Gasteiger charge is 2.34. The minimum atomic E-state index is 0.0513. The van der Waals surface area contributed by atoms with Crippen LogP contribution in [0.5, 0.6) is 5.75 Å². The van der Waals surface area contributed by atoms with Gasteiger partial charge < -0.3 is 19.9 Å². The second kappa shape index (κ2) is 7.91. The number of piperazine rings is 1. The molecule has 1 saturated heterocycles. The molecule has 0 bridgehead atoms. The Bertz CT molecular complexity index is 768. The summed E-state index contributed by atoms with van der Waals surface area (Å²) < 4.78 is 5.47. The van der Waals surface area contributed by atoms with E-state index >= 15 is 0 Å². The largest absolute Gasteiger partial charge is 0.495 e. The molecule has 1 aliphatic heterocycles. The predicted octanol–water partition coefficient (Wildman–Crippen LogP) is 3.68. The van der Waals surface area contributed by atoms with Crippen molar-refractivity contribution in [3.63, 3.8) is 0 Å². The van der Waals surface area contributed by atoms with E-state index in [2.05, 4.69) is 28.4 Å². The summed E-state index contributed by atoms with van der Waals surface area (Å²) in [6, 6.07) is 18.6. The van der Waals surface area contributed by atoms with Gasteiger partial charge in [-0.2, -0.15) is 0 Å². The molecule has 5 nitrogen and oxygen atoms in total. The number of urea groups is 1. The maximum absolute atomic E-state index is 12.9. The highest BCUT2D eigenvalue weighted by molar-refractivity contribution is 5.75. The van der Waals surface area contributed by atoms with Crippen molar-refractivity contribution < 1.29 is 9.53 Å². The number of para-hydroxylation sites is 2. The minimum Gasteiger partial charge on any atom is -0.495 e. The number of ether oxygens (including phenoxy) is 1. The van der Waals surface area contributed by atoms with E-state index in [1.54, 1.807) is 7.11 Å². The Labute approximate surface area is 160 Å². The number of rotatable bonds is 5. The van der Waals surface area contributed by atoms with Crippen LogP contribution in [0.1, 0.15) is 24.4 Å². The van der Waals surface area contributed by atoms with E-state index in [1.165, 1.54) is 18.4 Å². The smallest absolute Gasteiger partial charge is 0.318 e. The van der Waals surface area contributed by atoms with Crippen LogP contribution in [-0.4, -0.2) is 44.2 Å². The summed E-state index contributed by atoms with van der Waals surface area (Å²) in [5.41, 5.74) is 2.31. The molecule has 2 fully saturated rings. The topological polar surface area (TPSA) is 44.8 Å². The summed E-state index contributed by atoms with van der Waals surface area (Å²) in [4.78, 5) is 17.1. The molecule has 2 amide bonds. The quantitative estimate of drug-likeness (QED) is 0.879. The molecule has 1 atom stereocenters. The number of nitrogens with one attached hydrogen (secondary N) is 1. The molecule has 4 rings (SSSR count). The van der Waals surface area contributed by atoms with Gasteiger partial charge in [0.15, 0.2) is 0 Å². The van der Waals surface area contributed by atoms with Gasteiger partial charge in [0.2, 0.25) is 0 Å². The first-order chi connectivity index (χ1) is 13.3. The van der Waals surface area contributed by atoms with Crippen molar-refractivity contribution in [2.45, 2.75) is 18.9 Å². The van der Waals surface area contributed by atoms with E-state index in [1.807, 2.05) is 41.3 Å². The summed E-state index contributed by atoms with van der Waals surface area (Å²) in [5.74, 6) is 1.46. The van der Waals surface area contributed by atoms with Crippen LogP contribution in [0, 0.1) is 5.92 Å². The molecular weight excluding hydrogens is 338 g/mol. The minimum absolute atomic E-state index is 0.0513. The Morgan fingerprint density at radius 3 is 2.33 bits per heavy atom. The number of nitrogens with zero attached hydrogens (tertiary/aromatic N) is 2. The van der Waals surface area contributed by atoms with E-state index in [4.69, 9.17) is 4.74 Å². The zero-order valence-electron chi connectivity index (χ0n) is 15.8. The number of benzene rings is 2. The normalized spacial score (nSPS) is 18.1. The molecular formula is C22H27N3O2. The van der Waals surface area contributed by atoms with E-state index in [9.17, 15) is 4.79 Å². The molecule has 2 aromatic rings. The van der Waals surface area contributed by atoms with Gasteiger partial charge in [0.05, 0.1) is 18.8 Å². The maximum atomic E-state index is 12.9. The van der Waals surface area contributed by atoms with Crippen LogP contribution in [0.25, 0.3) is 0 Å². The second-order valence-electron chi connectivity index (χ2n) is 7.32. The van der Waals surface area contributed by atoms with Crippen LogP contribution < -0.4 is 15.0 Å². The average molecular weight is 365 g/mol. The fraction of sp³-hybridized carbons (Fsp3) is 0.409. The molecule has 1 aliphatic carbocycles. The first kappa shape index (κ1) is 17.7. The number of hydrogen-bond donors (Lipinski definition) is 1. The Morgan fingerprint density at radius 2 is 1.67 bits per heavy atom. The van der Waals surface area contributed by atoms with Gasteiger partial charge in [-0.1, -0.05) is 42.5 Å². The summed E-state index contributed by atoms with van der Waals surface area (Å²) >= 11 is 0. The van der Waals surface area contributed by atoms with Gasteiger partial charge in [-0.25, -0.2) is 4.79 Å². The fourth-order valence-electron chi connectivity index (χ4n) is 3.83. The van der Waals surface area contributed by atoms with Crippen LogP contribution >= 0.6 is 0 Å². The predicted molar refractivity (Wildman–Crippen MR) is 107 cm³/mol. The van der Waals surface area contributed by atoms with Crippen molar-refractivity contribution in [1.29, 1.82) is 0 Å². The average Bonchev–Trinajstić information content (AvgIpc) is 3.58. The van der Waals surface area contributed by atoms with Crippen molar-refractivity contribution >= 4 is 11.7 Å². The Hall–Kier alpha value is -2.69. The molecule has 0 spiro atoms. The van der Waals surface area contributed by atoms with Gasteiger partial charge in [-0.05, 0) is 36.5 Å². The lowest BCUT2D eigenvalue weighted by Crippen LogP contribution is -2.52. The van der Waals surface area contributed by atoms with Crippen molar-refractivity contribution in [3.05, 3.63) is 60.2 Å². The van der Waals surface area contributed by atoms with Crippen LogP contribution in [-0.2, 0) is 0 Å². The standard InChI is InChI=1S/C22H27N3O2/c1-27-20-10-6-5-9-19(20)24-13-15-25(16-14-24)22(26)23-21(18-11-12-18)17-7-3-2-4-8-17/h2-10,18,21H,11-16H2,1H3,(H,23,26). The van der Waals surface area contributed by atoms with Crippen molar-refractivity contribution in [2.24, 2.45) is 5.92 Å². The molecule has 5 heteroatoms. The van der Waals surface area contributed by atoms with Gasteiger partial charge in [0.1, 0.15) is 5.75 Å². The van der Waals surface area contributed by atoms with Crippen molar-refractivity contribution in [3.8, 4) is 5.75 Å². The monoisotopic (exact) mass is 365 g/mol. The van der Waals surface area contributed by atoms with Gasteiger partial charge in [-0.3, -0.25) is 0 Å². The zero-order chi connectivity index (χ0) is 18.6. The molecule has 2 aromatic carbocycles. The molecule has 2 aliphatic rings. The molecule has 1 saturated carbocycles. The second-order valence-corrected chi connectivity index (χ2v) is 7.32. The van der Waals surface area contributed by atoms with Gasteiger partial charge in [0, 0.05) is 26.2 Å². The number of carbonyl (C=O) groups excluding carboxylic acids is 1. The van der Waals surface area contributed by atoms with Gasteiger partial charge in [-0.15, -0.1) is 0 Å². The van der Waals surface area contributed by atoms with Gasteiger partial charge in [0.25, 0.3) is 0 Å². The highest BCUT2D eigenvalue weighted by Crippen LogP contribution is 2.41. The van der Waals surface area contributed by atoms with Crippen molar-refractivity contribution in [2.75, 3.05) is 38.2 Å².